The highest BCUT2D eigenvalue weighted by atomic mass is 15.0. The lowest BCUT2D eigenvalue weighted by Gasteiger charge is -2.32. The van der Waals surface area contributed by atoms with Crippen molar-refractivity contribution in [3.63, 3.8) is 0 Å². The molecule has 1 aliphatic rings. The van der Waals surface area contributed by atoms with Gasteiger partial charge in [-0.15, -0.1) is 0 Å². The topological polar surface area (TPSA) is 48.7 Å². The number of anilines is 1. The molecule has 1 atom stereocenters. The molecular weight excluding hydrogens is 186 g/mol. The molecule has 3 heteroatoms. The average Bonchev–Trinajstić information content (AvgIpc) is 2.15. The van der Waals surface area contributed by atoms with Crippen LogP contribution >= 0.6 is 0 Å². The number of hydrogen-bond acceptors (Lipinski definition) is 3. The zero-order valence-corrected chi connectivity index (χ0v) is 8.90. The van der Waals surface area contributed by atoms with E-state index in [0.29, 0.717) is 11.6 Å². The lowest BCUT2D eigenvalue weighted by atomic mass is 9.80. The summed E-state index contributed by atoms with van der Waals surface area (Å²) in [6.07, 6.45) is 5.65. The minimum Gasteiger partial charge on any atom is -0.366 e. The smallest absolute Gasteiger partial charge is 0.144 e. The summed E-state index contributed by atoms with van der Waals surface area (Å²) in [7, 11) is 0. The first-order valence-electron chi connectivity index (χ1n) is 5.43. The molecule has 0 aromatic carbocycles. The van der Waals surface area contributed by atoms with E-state index >= 15 is 0 Å². The van der Waals surface area contributed by atoms with Crippen molar-refractivity contribution in [2.24, 2.45) is 5.92 Å². The van der Waals surface area contributed by atoms with Crippen molar-refractivity contribution in [1.82, 2.24) is 4.98 Å². The van der Waals surface area contributed by atoms with E-state index in [1.807, 2.05) is 0 Å². The fourth-order valence-corrected chi connectivity index (χ4v) is 1.88. The van der Waals surface area contributed by atoms with Crippen molar-refractivity contribution in [2.45, 2.75) is 32.2 Å². The molecule has 0 amide bonds. The molecule has 1 aromatic heterocycles. The Bertz CT molecular complexity index is 377. The number of hydrogen-bond donors (Lipinski definition) is 1. The molecule has 0 spiro atoms. The van der Waals surface area contributed by atoms with Gasteiger partial charge in [-0.2, -0.15) is 5.26 Å². The van der Waals surface area contributed by atoms with Crippen molar-refractivity contribution >= 4 is 5.82 Å². The normalized spacial score (nSPS) is 17.6. The summed E-state index contributed by atoms with van der Waals surface area (Å²) in [6, 6.07) is 6.15. The Morgan fingerprint density at radius 2 is 2.40 bits per heavy atom. The minimum absolute atomic E-state index is 0.417. The molecule has 3 nitrogen and oxygen atoms in total. The number of aromatic nitrogens is 1. The number of nitrogens with zero attached hydrogens (tertiary/aromatic N) is 2. The summed E-state index contributed by atoms with van der Waals surface area (Å²) in [5.74, 6) is 1.47. The van der Waals surface area contributed by atoms with E-state index in [1.165, 1.54) is 19.3 Å². The number of nitrogens with one attached hydrogen (secondary N) is 1. The molecule has 1 N–H and O–H groups in total. The van der Waals surface area contributed by atoms with Gasteiger partial charge in [-0.05, 0) is 37.8 Å². The predicted molar refractivity (Wildman–Crippen MR) is 59.4 cm³/mol. The van der Waals surface area contributed by atoms with Crippen LogP contribution in [-0.4, -0.2) is 11.0 Å². The SMILES string of the molecule is CC(Nc1ncccc1C#N)C1CCC1. The van der Waals surface area contributed by atoms with Crippen LogP contribution in [-0.2, 0) is 0 Å². The Kier molecular flexibility index (Phi) is 2.86. The van der Waals surface area contributed by atoms with Gasteiger partial charge in [0.1, 0.15) is 11.9 Å². The lowest BCUT2D eigenvalue weighted by molar-refractivity contribution is 0.285. The molecule has 0 aliphatic heterocycles. The third-order valence-electron chi connectivity index (χ3n) is 3.15. The standard InChI is InChI=1S/C12H15N3/c1-9(10-4-2-5-10)15-12-11(8-13)6-3-7-14-12/h3,6-7,9-10H,2,4-5H2,1H3,(H,14,15). The van der Waals surface area contributed by atoms with Gasteiger partial charge in [0.25, 0.3) is 0 Å². The Morgan fingerprint density at radius 3 is 3.00 bits per heavy atom. The summed E-state index contributed by atoms with van der Waals surface area (Å²) in [5, 5.41) is 12.2. The molecule has 1 unspecified atom stereocenters. The molecule has 2 rings (SSSR count). The molecule has 0 saturated heterocycles. The fourth-order valence-electron chi connectivity index (χ4n) is 1.88. The molecular formula is C12H15N3. The van der Waals surface area contributed by atoms with Gasteiger partial charge in [0.2, 0.25) is 0 Å². The average molecular weight is 201 g/mol. The molecule has 0 radical (unpaired) electrons. The first-order chi connectivity index (χ1) is 7.31. The molecule has 15 heavy (non-hydrogen) atoms. The lowest BCUT2D eigenvalue weighted by Crippen LogP contribution is -2.31. The van der Waals surface area contributed by atoms with Gasteiger partial charge in [0.15, 0.2) is 0 Å². The van der Waals surface area contributed by atoms with Gasteiger partial charge < -0.3 is 5.32 Å². The zero-order chi connectivity index (χ0) is 10.7. The highest BCUT2D eigenvalue weighted by molar-refractivity contribution is 5.51. The summed E-state index contributed by atoms with van der Waals surface area (Å²) in [5.41, 5.74) is 0.628. The molecule has 0 bridgehead atoms. The van der Waals surface area contributed by atoms with E-state index in [0.717, 1.165) is 11.7 Å². The molecule has 1 fully saturated rings. The minimum atomic E-state index is 0.417. The Labute approximate surface area is 90.1 Å². The summed E-state index contributed by atoms with van der Waals surface area (Å²) >= 11 is 0. The second kappa shape index (κ2) is 4.31. The zero-order valence-electron chi connectivity index (χ0n) is 8.90. The van der Waals surface area contributed by atoms with Gasteiger partial charge in [-0.25, -0.2) is 4.98 Å². The fraction of sp³-hybridized carbons (Fsp3) is 0.500. The van der Waals surface area contributed by atoms with Gasteiger partial charge in [-0.1, -0.05) is 6.42 Å². The van der Waals surface area contributed by atoms with E-state index < -0.39 is 0 Å². The molecule has 1 aliphatic carbocycles. The Hall–Kier alpha value is -1.56. The number of pyridine rings is 1. The first kappa shape index (κ1) is 9.97. The largest absolute Gasteiger partial charge is 0.366 e. The van der Waals surface area contributed by atoms with Crippen molar-refractivity contribution in [3.05, 3.63) is 23.9 Å². The van der Waals surface area contributed by atoms with Crippen LogP contribution in [0.15, 0.2) is 18.3 Å². The van der Waals surface area contributed by atoms with E-state index in [1.54, 1.807) is 18.3 Å². The van der Waals surface area contributed by atoms with Gasteiger partial charge in [-0.3, -0.25) is 0 Å². The quantitative estimate of drug-likeness (QED) is 0.817. The van der Waals surface area contributed by atoms with E-state index in [9.17, 15) is 0 Å². The van der Waals surface area contributed by atoms with Crippen LogP contribution in [0.4, 0.5) is 5.82 Å². The monoisotopic (exact) mass is 201 g/mol. The second-order valence-corrected chi connectivity index (χ2v) is 4.14. The van der Waals surface area contributed by atoms with Crippen LogP contribution in [0.2, 0.25) is 0 Å². The van der Waals surface area contributed by atoms with Gasteiger partial charge in [0.05, 0.1) is 5.56 Å². The summed E-state index contributed by atoms with van der Waals surface area (Å²) < 4.78 is 0. The van der Waals surface area contributed by atoms with Gasteiger partial charge in [0, 0.05) is 12.2 Å². The predicted octanol–water partition coefficient (Wildman–Crippen LogP) is 2.55. The Balaban J connectivity index is 2.06. The highest BCUT2D eigenvalue weighted by Gasteiger charge is 2.24. The van der Waals surface area contributed by atoms with Crippen molar-refractivity contribution in [3.8, 4) is 6.07 Å². The maximum Gasteiger partial charge on any atom is 0.144 e. The second-order valence-electron chi connectivity index (χ2n) is 4.14. The van der Waals surface area contributed by atoms with E-state index in [-0.39, 0.29) is 0 Å². The maximum absolute atomic E-state index is 8.91. The summed E-state index contributed by atoms with van der Waals surface area (Å²) in [4.78, 5) is 4.20. The van der Waals surface area contributed by atoms with Crippen LogP contribution < -0.4 is 5.32 Å². The van der Waals surface area contributed by atoms with Crippen LogP contribution in [0.5, 0.6) is 0 Å². The highest BCUT2D eigenvalue weighted by Crippen LogP contribution is 2.31. The Morgan fingerprint density at radius 1 is 1.60 bits per heavy atom. The molecule has 1 saturated carbocycles. The van der Waals surface area contributed by atoms with E-state index in [2.05, 4.69) is 23.3 Å². The first-order valence-corrected chi connectivity index (χ1v) is 5.43. The third kappa shape index (κ3) is 2.10. The molecule has 1 heterocycles. The van der Waals surface area contributed by atoms with Gasteiger partial charge >= 0.3 is 0 Å². The number of rotatable bonds is 3. The van der Waals surface area contributed by atoms with Crippen LogP contribution in [0.1, 0.15) is 31.7 Å². The summed E-state index contributed by atoms with van der Waals surface area (Å²) in [6.45, 7) is 2.17. The van der Waals surface area contributed by atoms with Crippen molar-refractivity contribution < 1.29 is 0 Å². The van der Waals surface area contributed by atoms with Crippen LogP contribution in [0, 0.1) is 17.2 Å². The maximum atomic E-state index is 8.91. The van der Waals surface area contributed by atoms with E-state index in [4.69, 9.17) is 5.26 Å². The molecule has 1 aromatic rings. The van der Waals surface area contributed by atoms with Crippen LogP contribution in [0.3, 0.4) is 0 Å². The van der Waals surface area contributed by atoms with Crippen LogP contribution in [0.25, 0.3) is 0 Å². The van der Waals surface area contributed by atoms with Crippen molar-refractivity contribution in [1.29, 1.82) is 5.26 Å². The van der Waals surface area contributed by atoms with Crippen molar-refractivity contribution in [2.75, 3.05) is 5.32 Å². The third-order valence-corrected chi connectivity index (χ3v) is 3.15. The molecule has 78 valence electrons. The number of nitriles is 1.